The molecule has 5 nitrogen and oxygen atoms in total. The van der Waals surface area contributed by atoms with E-state index >= 15 is 0 Å². The molecule has 0 spiro atoms. The second kappa shape index (κ2) is 5.16. The van der Waals surface area contributed by atoms with Crippen LogP contribution in [0.2, 0.25) is 0 Å². The summed E-state index contributed by atoms with van der Waals surface area (Å²) < 4.78 is 24.2. The summed E-state index contributed by atoms with van der Waals surface area (Å²) in [5.74, 6) is 2.05. The summed E-state index contributed by atoms with van der Waals surface area (Å²) in [6, 6.07) is 0. The molecule has 2 saturated heterocycles. The highest BCUT2D eigenvalue weighted by molar-refractivity contribution is 7.99. The van der Waals surface area contributed by atoms with Gasteiger partial charge in [-0.05, 0) is 12.8 Å². The molecule has 2 heterocycles. The third kappa shape index (κ3) is 3.14. The number of carbonyl (C=O) groups is 1. The molecule has 2 aliphatic rings. The summed E-state index contributed by atoms with van der Waals surface area (Å²) in [5, 5.41) is 0. The molecule has 0 radical (unpaired) electrons. The van der Waals surface area contributed by atoms with Crippen molar-refractivity contribution in [3.63, 3.8) is 0 Å². The lowest BCUT2D eigenvalue weighted by molar-refractivity contribution is -0.135. The van der Waals surface area contributed by atoms with Crippen LogP contribution in [0.4, 0.5) is 0 Å². The second-order valence-corrected chi connectivity index (χ2v) is 7.63. The van der Waals surface area contributed by atoms with E-state index in [1.165, 1.54) is 10.6 Å². The van der Waals surface area contributed by atoms with E-state index < -0.39 is 10.0 Å². The van der Waals surface area contributed by atoms with Crippen molar-refractivity contribution in [2.75, 3.05) is 37.5 Å². The van der Waals surface area contributed by atoms with Gasteiger partial charge in [0.05, 0.1) is 12.1 Å². The van der Waals surface area contributed by atoms with Gasteiger partial charge in [-0.2, -0.15) is 0 Å². The lowest BCUT2D eigenvalue weighted by Crippen LogP contribution is -2.43. The Kier molecular flexibility index (Phi) is 3.99. The zero-order valence-electron chi connectivity index (χ0n) is 9.96. The molecule has 0 atom stereocenters. The lowest BCUT2D eigenvalue weighted by atomic mass is 9.97. The van der Waals surface area contributed by atoms with Gasteiger partial charge in [0.15, 0.2) is 0 Å². The van der Waals surface area contributed by atoms with Crippen molar-refractivity contribution in [1.29, 1.82) is 0 Å². The average Bonchev–Trinajstić information content (AvgIpc) is 2.80. The molecule has 7 heteroatoms. The Morgan fingerprint density at radius 1 is 1.24 bits per heavy atom. The van der Waals surface area contributed by atoms with Crippen LogP contribution in [0.3, 0.4) is 0 Å². The Bertz CT molecular complexity index is 382. The maximum absolute atomic E-state index is 12.1. The number of thioether (sulfide) groups is 1. The molecular weight excluding hydrogens is 260 g/mol. The third-order valence-electron chi connectivity index (χ3n) is 3.34. The molecule has 0 aliphatic carbocycles. The molecule has 2 aliphatic heterocycles. The molecule has 0 bridgehead atoms. The fourth-order valence-corrected chi connectivity index (χ4v) is 4.11. The molecule has 98 valence electrons. The zero-order valence-corrected chi connectivity index (χ0v) is 11.6. The van der Waals surface area contributed by atoms with Gasteiger partial charge in [0.25, 0.3) is 0 Å². The Morgan fingerprint density at radius 2 is 1.88 bits per heavy atom. The topological polar surface area (TPSA) is 57.7 Å². The number of carbonyl (C=O) groups excluding carboxylic acids is 1. The Hall–Kier alpha value is -0.270. The van der Waals surface area contributed by atoms with Crippen LogP contribution in [0.15, 0.2) is 0 Å². The van der Waals surface area contributed by atoms with Gasteiger partial charge in [-0.3, -0.25) is 4.79 Å². The SMILES string of the molecule is CS(=O)(=O)N1CCC(C(=O)N2CCSC2)CC1. The first kappa shape index (κ1) is 13.2. The molecule has 0 saturated carbocycles. The molecule has 17 heavy (non-hydrogen) atoms. The fraction of sp³-hybridized carbons (Fsp3) is 0.900. The summed E-state index contributed by atoms with van der Waals surface area (Å²) in [5.41, 5.74) is 0. The van der Waals surface area contributed by atoms with E-state index in [4.69, 9.17) is 0 Å². The first-order chi connectivity index (χ1) is 7.98. The third-order valence-corrected chi connectivity index (χ3v) is 5.61. The van der Waals surface area contributed by atoms with Crippen molar-refractivity contribution >= 4 is 27.7 Å². The highest BCUT2D eigenvalue weighted by atomic mass is 32.2. The van der Waals surface area contributed by atoms with Crippen LogP contribution in [0.5, 0.6) is 0 Å². The largest absolute Gasteiger partial charge is 0.332 e. The van der Waals surface area contributed by atoms with Gasteiger partial charge in [0.2, 0.25) is 15.9 Å². The van der Waals surface area contributed by atoms with Crippen LogP contribution in [-0.4, -0.2) is 61.0 Å². The van der Waals surface area contributed by atoms with Crippen molar-refractivity contribution in [2.24, 2.45) is 5.92 Å². The summed E-state index contributed by atoms with van der Waals surface area (Å²) >= 11 is 1.78. The molecule has 0 unspecified atom stereocenters. The molecule has 2 fully saturated rings. The monoisotopic (exact) mass is 278 g/mol. The van der Waals surface area contributed by atoms with Gasteiger partial charge in [-0.15, -0.1) is 11.8 Å². The van der Waals surface area contributed by atoms with Crippen LogP contribution in [0, 0.1) is 5.92 Å². The van der Waals surface area contributed by atoms with Gasteiger partial charge in [-0.25, -0.2) is 12.7 Å². The van der Waals surface area contributed by atoms with Gasteiger partial charge >= 0.3 is 0 Å². The molecule has 0 aromatic carbocycles. The maximum Gasteiger partial charge on any atom is 0.226 e. The molecule has 0 aromatic rings. The summed E-state index contributed by atoms with van der Waals surface area (Å²) in [6.45, 7) is 1.81. The Balaban J connectivity index is 1.88. The van der Waals surface area contributed by atoms with Crippen molar-refractivity contribution in [2.45, 2.75) is 12.8 Å². The minimum absolute atomic E-state index is 0.0201. The smallest absolute Gasteiger partial charge is 0.226 e. The van der Waals surface area contributed by atoms with Gasteiger partial charge in [0.1, 0.15) is 0 Å². The number of sulfonamides is 1. The predicted molar refractivity (Wildman–Crippen MR) is 68.2 cm³/mol. The number of hydrogen-bond donors (Lipinski definition) is 0. The van der Waals surface area contributed by atoms with Crippen molar-refractivity contribution in [1.82, 2.24) is 9.21 Å². The molecule has 0 aromatic heterocycles. The van der Waals surface area contributed by atoms with E-state index in [9.17, 15) is 13.2 Å². The highest BCUT2D eigenvalue weighted by Crippen LogP contribution is 2.24. The predicted octanol–water partition coefficient (Wildman–Crippen LogP) is 0.191. The number of nitrogens with zero attached hydrogens (tertiary/aromatic N) is 2. The quantitative estimate of drug-likeness (QED) is 0.723. The Labute approximate surface area is 107 Å². The first-order valence-corrected chi connectivity index (χ1v) is 8.80. The van der Waals surface area contributed by atoms with E-state index in [-0.39, 0.29) is 11.8 Å². The normalized spacial score (nSPS) is 24.2. The number of hydrogen-bond acceptors (Lipinski definition) is 4. The molecular formula is C10H18N2O3S2. The van der Waals surface area contributed by atoms with Crippen molar-refractivity contribution in [3.8, 4) is 0 Å². The van der Waals surface area contributed by atoms with E-state index in [1.54, 1.807) is 11.8 Å². The van der Waals surface area contributed by atoms with Crippen molar-refractivity contribution in [3.05, 3.63) is 0 Å². The van der Waals surface area contributed by atoms with Crippen LogP contribution in [0.25, 0.3) is 0 Å². The van der Waals surface area contributed by atoms with Crippen LogP contribution >= 0.6 is 11.8 Å². The first-order valence-electron chi connectivity index (χ1n) is 5.80. The average molecular weight is 278 g/mol. The van der Waals surface area contributed by atoms with Crippen LogP contribution < -0.4 is 0 Å². The fourth-order valence-electron chi connectivity index (χ4n) is 2.28. The summed E-state index contributed by atoms with van der Waals surface area (Å²) in [7, 11) is -3.09. The van der Waals surface area contributed by atoms with Crippen LogP contribution in [-0.2, 0) is 14.8 Å². The zero-order chi connectivity index (χ0) is 12.5. The maximum atomic E-state index is 12.1. The number of amides is 1. The highest BCUT2D eigenvalue weighted by Gasteiger charge is 2.32. The van der Waals surface area contributed by atoms with Gasteiger partial charge in [0, 0.05) is 31.3 Å². The summed E-state index contributed by atoms with van der Waals surface area (Å²) in [6.07, 6.45) is 2.55. The van der Waals surface area contributed by atoms with Crippen LogP contribution in [0.1, 0.15) is 12.8 Å². The number of piperidine rings is 1. The van der Waals surface area contributed by atoms with E-state index in [0.717, 1.165) is 18.2 Å². The minimum Gasteiger partial charge on any atom is -0.332 e. The van der Waals surface area contributed by atoms with E-state index in [1.807, 2.05) is 4.90 Å². The lowest BCUT2D eigenvalue weighted by Gasteiger charge is -2.31. The molecule has 2 rings (SSSR count). The van der Waals surface area contributed by atoms with E-state index in [0.29, 0.717) is 25.9 Å². The summed E-state index contributed by atoms with van der Waals surface area (Å²) in [4.78, 5) is 14.0. The molecule has 1 amide bonds. The van der Waals surface area contributed by atoms with Gasteiger partial charge < -0.3 is 4.90 Å². The second-order valence-electron chi connectivity index (χ2n) is 4.58. The Morgan fingerprint density at radius 3 is 2.35 bits per heavy atom. The standard InChI is InChI=1S/C10H18N2O3S2/c1-17(14,15)12-4-2-9(3-5-12)10(13)11-6-7-16-8-11/h9H,2-8H2,1H3. The molecule has 0 N–H and O–H groups in total. The van der Waals surface area contributed by atoms with Crippen molar-refractivity contribution < 1.29 is 13.2 Å². The minimum atomic E-state index is -3.09. The van der Waals surface area contributed by atoms with E-state index in [2.05, 4.69) is 0 Å². The number of rotatable bonds is 2. The van der Waals surface area contributed by atoms with Gasteiger partial charge in [-0.1, -0.05) is 0 Å².